The Hall–Kier alpha value is -0.260. The second kappa shape index (κ2) is 8.34. The van der Waals surface area contributed by atoms with Crippen LogP contribution in [0.5, 0.6) is 0 Å². The van der Waals surface area contributed by atoms with Crippen LogP contribution in [0.2, 0.25) is 0 Å². The van der Waals surface area contributed by atoms with E-state index in [0.29, 0.717) is 19.7 Å². The minimum Gasteiger partial charge on any atom is -0.380 e. The Kier molecular flexibility index (Phi) is 8.18. The molecular weight excluding hydrogens is 180 g/mol. The standard InChI is InChI=1S/C8H17F2NO2/c1-7(12-2)5-11-3-4-13-6-8(9)10/h7-8,11H,3-6H2,1-2H3. The van der Waals surface area contributed by atoms with Crippen molar-refractivity contribution >= 4 is 0 Å². The van der Waals surface area contributed by atoms with Gasteiger partial charge in [-0.05, 0) is 6.92 Å². The molecule has 0 aliphatic heterocycles. The maximum Gasteiger partial charge on any atom is 0.261 e. The van der Waals surface area contributed by atoms with Crippen molar-refractivity contribution in [1.82, 2.24) is 5.32 Å². The summed E-state index contributed by atoms with van der Waals surface area (Å²) in [5, 5.41) is 3.01. The van der Waals surface area contributed by atoms with E-state index in [-0.39, 0.29) is 6.10 Å². The van der Waals surface area contributed by atoms with E-state index in [9.17, 15) is 8.78 Å². The summed E-state index contributed by atoms with van der Waals surface area (Å²) >= 11 is 0. The van der Waals surface area contributed by atoms with Crippen molar-refractivity contribution in [3.63, 3.8) is 0 Å². The predicted molar refractivity (Wildman–Crippen MR) is 46.2 cm³/mol. The molecular formula is C8H17F2NO2. The first-order valence-electron chi connectivity index (χ1n) is 4.26. The Morgan fingerprint density at radius 3 is 2.62 bits per heavy atom. The van der Waals surface area contributed by atoms with Gasteiger partial charge in [-0.15, -0.1) is 0 Å². The van der Waals surface area contributed by atoms with Gasteiger partial charge in [-0.2, -0.15) is 0 Å². The summed E-state index contributed by atoms with van der Waals surface area (Å²) in [5.74, 6) is 0. The van der Waals surface area contributed by atoms with Crippen LogP contribution in [0.4, 0.5) is 8.78 Å². The van der Waals surface area contributed by atoms with Crippen LogP contribution in [0.1, 0.15) is 6.92 Å². The molecule has 0 heterocycles. The average Bonchev–Trinajstić information content (AvgIpc) is 2.10. The van der Waals surface area contributed by atoms with E-state index < -0.39 is 13.0 Å². The zero-order chi connectivity index (χ0) is 10.1. The summed E-state index contributed by atoms with van der Waals surface area (Å²) < 4.78 is 32.8. The number of alkyl halides is 2. The topological polar surface area (TPSA) is 30.5 Å². The van der Waals surface area contributed by atoms with Crippen LogP contribution in [0.3, 0.4) is 0 Å². The molecule has 0 aromatic rings. The summed E-state index contributed by atoms with van der Waals surface area (Å²) in [6.07, 6.45) is -2.24. The van der Waals surface area contributed by atoms with E-state index in [1.54, 1.807) is 7.11 Å². The third-order valence-corrected chi connectivity index (χ3v) is 1.50. The van der Waals surface area contributed by atoms with Crippen molar-refractivity contribution < 1.29 is 18.3 Å². The molecule has 80 valence electrons. The zero-order valence-corrected chi connectivity index (χ0v) is 8.06. The minimum absolute atomic E-state index is 0.134. The minimum atomic E-state index is -2.38. The molecule has 1 N–H and O–H groups in total. The van der Waals surface area contributed by atoms with E-state index in [1.165, 1.54) is 0 Å². The smallest absolute Gasteiger partial charge is 0.261 e. The van der Waals surface area contributed by atoms with Crippen molar-refractivity contribution in [2.45, 2.75) is 19.5 Å². The van der Waals surface area contributed by atoms with E-state index in [0.717, 1.165) is 0 Å². The van der Waals surface area contributed by atoms with Crippen LogP contribution in [0.15, 0.2) is 0 Å². The van der Waals surface area contributed by atoms with Gasteiger partial charge in [0.1, 0.15) is 6.61 Å². The second-order valence-corrected chi connectivity index (χ2v) is 2.72. The highest BCUT2D eigenvalue weighted by molar-refractivity contribution is 4.53. The number of nitrogens with one attached hydrogen (secondary N) is 1. The molecule has 0 aliphatic rings. The van der Waals surface area contributed by atoms with Gasteiger partial charge in [-0.25, -0.2) is 8.78 Å². The number of hydrogen-bond donors (Lipinski definition) is 1. The van der Waals surface area contributed by atoms with E-state index >= 15 is 0 Å². The number of methoxy groups -OCH3 is 1. The van der Waals surface area contributed by atoms with Crippen molar-refractivity contribution in [1.29, 1.82) is 0 Å². The zero-order valence-electron chi connectivity index (χ0n) is 8.06. The molecule has 0 saturated carbocycles. The van der Waals surface area contributed by atoms with Gasteiger partial charge in [-0.3, -0.25) is 0 Å². The lowest BCUT2D eigenvalue weighted by molar-refractivity contribution is 0.0178. The van der Waals surface area contributed by atoms with Crippen molar-refractivity contribution in [2.75, 3.05) is 33.4 Å². The van der Waals surface area contributed by atoms with Gasteiger partial charge in [0.25, 0.3) is 6.43 Å². The molecule has 0 radical (unpaired) electrons. The molecule has 13 heavy (non-hydrogen) atoms. The van der Waals surface area contributed by atoms with Gasteiger partial charge < -0.3 is 14.8 Å². The summed E-state index contributed by atoms with van der Waals surface area (Å²) in [6, 6.07) is 0. The fourth-order valence-electron chi connectivity index (χ4n) is 0.705. The molecule has 0 aromatic carbocycles. The van der Waals surface area contributed by atoms with E-state index in [4.69, 9.17) is 4.74 Å². The highest BCUT2D eigenvalue weighted by Crippen LogP contribution is 1.91. The normalized spacial score (nSPS) is 13.6. The first kappa shape index (κ1) is 12.7. The van der Waals surface area contributed by atoms with Crippen LogP contribution in [0.25, 0.3) is 0 Å². The van der Waals surface area contributed by atoms with Gasteiger partial charge in [0.05, 0.1) is 12.7 Å². The van der Waals surface area contributed by atoms with Gasteiger partial charge in [0, 0.05) is 20.2 Å². The van der Waals surface area contributed by atoms with Crippen molar-refractivity contribution in [2.24, 2.45) is 0 Å². The number of ether oxygens (including phenoxy) is 2. The summed E-state index contributed by atoms with van der Waals surface area (Å²) in [7, 11) is 1.62. The molecule has 0 bridgehead atoms. The molecule has 0 amide bonds. The quantitative estimate of drug-likeness (QED) is 0.586. The monoisotopic (exact) mass is 197 g/mol. The summed E-state index contributed by atoms with van der Waals surface area (Å²) in [4.78, 5) is 0. The Morgan fingerprint density at radius 2 is 2.08 bits per heavy atom. The fraction of sp³-hybridized carbons (Fsp3) is 1.00. The highest BCUT2D eigenvalue weighted by atomic mass is 19.3. The molecule has 1 unspecified atom stereocenters. The van der Waals surface area contributed by atoms with Gasteiger partial charge in [0.15, 0.2) is 0 Å². The molecule has 0 aromatic heterocycles. The van der Waals surface area contributed by atoms with Crippen LogP contribution >= 0.6 is 0 Å². The van der Waals surface area contributed by atoms with Gasteiger partial charge in [0.2, 0.25) is 0 Å². The number of halogens is 2. The lowest BCUT2D eigenvalue weighted by Gasteiger charge is -2.10. The van der Waals surface area contributed by atoms with Crippen LogP contribution in [-0.2, 0) is 9.47 Å². The van der Waals surface area contributed by atoms with Crippen LogP contribution < -0.4 is 5.32 Å². The first-order chi connectivity index (χ1) is 6.16. The molecule has 3 nitrogen and oxygen atoms in total. The SMILES string of the molecule is COC(C)CNCCOCC(F)F. The van der Waals surface area contributed by atoms with Crippen LogP contribution in [-0.4, -0.2) is 45.9 Å². The maximum absolute atomic E-state index is 11.6. The Morgan fingerprint density at radius 1 is 1.38 bits per heavy atom. The van der Waals surface area contributed by atoms with E-state index in [1.807, 2.05) is 6.92 Å². The Bertz CT molecular complexity index is 114. The van der Waals surface area contributed by atoms with Gasteiger partial charge in [-0.1, -0.05) is 0 Å². The molecule has 5 heteroatoms. The highest BCUT2D eigenvalue weighted by Gasteiger charge is 2.01. The Balaban J connectivity index is 2.99. The van der Waals surface area contributed by atoms with E-state index in [2.05, 4.69) is 10.1 Å². The van der Waals surface area contributed by atoms with Crippen LogP contribution in [0, 0.1) is 0 Å². The molecule has 0 saturated heterocycles. The third-order valence-electron chi connectivity index (χ3n) is 1.50. The number of rotatable bonds is 8. The maximum atomic E-state index is 11.6. The molecule has 0 rings (SSSR count). The molecule has 0 spiro atoms. The average molecular weight is 197 g/mol. The molecule has 1 atom stereocenters. The second-order valence-electron chi connectivity index (χ2n) is 2.72. The predicted octanol–water partition coefficient (Wildman–Crippen LogP) is 0.893. The largest absolute Gasteiger partial charge is 0.380 e. The molecule has 0 aliphatic carbocycles. The third kappa shape index (κ3) is 9.66. The van der Waals surface area contributed by atoms with Crippen molar-refractivity contribution in [3.05, 3.63) is 0 Å². The number of hydrogen-bond acceptors (Lipinski definition) is 3. The molecule has 0 fully saturated rings. The lowest BCUT2D eigenvalue weighted by Crippen LogP contribution is -2.29. The summed E-state index contributed by atoms with van der Waals surface area (Å²) in [6.45, 7) is 3.02. The fourth-order valence-corrected chi connectivity index (χ4v) is 0.705. The van der Waals surface area contributed by atoms with Crippen molar-refractivity contribution in [3.8, 4) is 0 Å². The summed E-state index contributed by atoms with van der Waals surface area (Å²) in [5.41, 5.74) is 0. The van der Waals surface area contributed by atoms with Gasteiger partial charge >= 0.3 is 0 Å². The Labute approximate surface area is 77.4 Å². The first-order valence-corrected chi connectivity index (χ1v) is 4.26. The lowest BCUT2D eigenvalue weighted by atomic mass is 10.4.